The Morgan fingerprint density at radius 1 is 0.477 bits per heavy atom. The van der Waals surface area contributed by atoms with Crippen molar-refractivity contribution in [1.29, 1.82) is 0 Å². The number of hydrogen-bond acceptors (Lipinski definition) is 4. The molecule has 2 aromatic carbocycles. The van der Waals surface area contributed by atoms with E-state index in [4.69, 9.17) is 9.47 Å². The third-order valence-corrected chi connectivity index (χ3v) is 8.85. The highest BCUT2D eigenvalue weighted by Gasteiger charge is 2.20. The highest BCUT2D eigenvalue weighted by Crippen LogP contribution is 2.30. The zero-order chi connectivity index (χ0) is 31.9. The van der Waals surface area contributed by atoms with Crippen LogP contribution >= 0.6 is 0 Å². The van der Waals surface area contributed by atoms with Crippen molar-refractivity contribution < 1.29 is 19.1 Å². The van der Waals surface area contributed by atoms with Gasteiger partial charge in [-0.05, 0) is 47.6 Å². The summed E-state index contributed by atoms with van der Waals surface area (Å²) in [5.41, 5.74) is 3.31. The second-order valence-electron chi connectivity index (χ2n) is 13.6. The molecule has 0 aliphatic heterocycles. The van der Waals surface area contributed by atoms with Gasteiger partial charge in [0.2, 0.25) is 0 Å². The van der Waals surface area contributed by atoms with Crippen LogP contribution in [0.4, 0.5) is 0 Å². The second kappa shape index (κ2) is 21.8. The second-order valence-corrected chi connectivity index (χ2v) is 13.6. The largest absolute Gasteiger partial charge is 0.463 e. The van der Waals surface area contributed by atoms with E-state index < -0.39 is 11.9 Å². The van der Waals surface area contributed by atoms with Crippen LogP contribution in [-0.2, 0) is 29.9 Å². The summed E-state index contributed by atoms with van der Waals surface area (Å²) in [5, 5.41) is 0. The van der Waals surface area contributed by atoms with E-state index >= 15 is 0 Å². The molecule has 0 amide bonds. The predicted molar refractivity (Wildman–Crippen MR) is 184 cm³/mol. The molecule has 0 aliphatic rings. The summed E-state index contributed by atoms with van der Waals surface area (Å²) in [7, 11) is 0. The fraction of sp³-hybridized carbons (Fsp3) is 0.600. The zero-order valence-corrected chi connectivity index (χ0v) is 28.3. The number of rotatable bonds is 24. The number of benzene rings is 2. The lowest BCUT2D eigenvalue weighted by atomic mass is 9.80. The summed E-state index contributed by atoms with van der Waals surface area (Å²) in [5.74, 6) is -0.953. The summed E-state index contributed by atoms with van der Waals surface area (Å²) in [4.78, 5) is 23.7. The molecule has 0 radical (unpaired) electrons. The standard InChI is InChI=1S/C40H60O4/c1-39(2,35-25-17-15-18-26-35)31-21-11-7-5-9-13-23-33-43-37(41)29-30-38(42)44-34-24-14-10-6-8-12-22-32-40(3,4)36-27-19-16-20-28-36/h15-20,25-30H,5-14,21-24,31-34H2,1-4H3/b30-29+. The van der Waals surface area contributed by atoms with Crippen molar-refractivity contribution in [1.82, 2.24) is 0 Å². The van der Waals surface area contributed by atoms with E-state index in [1.54, 1.807) is 0 Å². The smallest absolute Gasteiger partial charge is 0.331 e. The third-order valence-electron chi connectivity index (χ3n) is 8.85. The Hall–Kier alpha value is -2.88. The van der Waals surface area contributed by atoms with Crippen molar-refractivity contribution in [3.05, 3.63) is 83.9 Å². The number of ether oxygens (including phenoxy) is 2. The van der Waals surface area contributed by atoms with Gasteiger partial charge in [0, 0.05) is 12.2 Å². The van der Waals surface area contributed by atoms with Gasteiger partial charge in [0.1, 0.15) is 0 Å². The lowest BCUT2D eigenvalue weighted by Crippen LogP contribution is -2.16. The summed E-state index contributed by atoms with van der Waals surface area (Å²) < 4.78 is 10.4. The maximum Gasteiger partial charge on any atom is 0.331 e. The van der Waals surface area contributed by atoms with Gasteiger partial charge in [-0.25, -0.2) is 9.59 Å². The molecular formula is C40H60O4. The van der Waals surface area contributed by atoms with Crippen LogP contribution in [-0.4, -0.2) is 25.2 Å². The van der Waals surface area contributed by atoms with Gasteiger partial charge in [0.15, 0.2) is 0 Å². The highest BCUT2D eigenvalue weighted by molar-refractivity contribution is 5.91. The molecule has 0 aliphatic carbocycles. The van der Waals surface area contributed by atoms with Crippen LogP contribution in [0.25, 0.3) is 0 Å². The summed E-state index contributed by atoms with van der Waals surface area (Å²) in [6, 6.07) is 21.6. The normalized spacial score (nSPS) is 12.0. The van der Waals surface area contributed by atoms with E-state index in [1.807, 2.05) is 0 Å². The predicted octanol–water partition coefficient (Wildman–Crippen LogP) is 10.8. The fourth-order valence-electron chi connectivity index (χ4n) is 5.75. The molecular weight excluding hydrogens is 544 g/mol. The molecule has 4 heteroatoms. The topological polar surface area (TPSA) is 52.6 Å². The van der Waals surface area contributed by atoms with E-state index in [-0.39, 0.29) is 10.8 Å². The Kier molecular flexibility index (Phi) is 18.4. The van der Waals surface area contributed by atoms with Crippen LogP contribution in [0.5, 0.6) is 0 Å². The number of esters is 2. The minimum absolute atomic E-state index is 0.234. The van der Waals surface area contributed by atoms with Crippen molar-refractivity contribution in [2.24, 2.45) is 0 Å². The van der Waals surface area contributed by atoms with Gasteiger partial charge in [-0.1, -0.05) is 165 Å². The molecule has 244 valence electrons. The van der Waals surface area contributed by atoms with Gasteiger partial charge < -0.3 is 9.47 Å². The lowest BCUT2D eigenvalue weighted by Gasteiger charge is -2.25. The van der Waals surface area contributed by atoms with E-state index in [0.29, 0.717) is 13.2 Å². The molecule has 0 saturated heterocycles. The summed E-state index contributed by atoms with van der Waals surface area (Å²) in [6.07, 6.45) is 20.9. The van der Waals surface area contributed by atoms with Crippen LogP contribution in [0.15, 0.2) is 72.8 Å². The molecule has 0 fully saturated rings. The summed E-state index contributed by atoms with van der Waals surface area (Å²) >= 11 is 0. The van der Waals surface area contributed by atoms with Gasteiger partial charge in [-0.15, -0.1) is 0 Å². The van der Waals surface area contributed by atoms with Gasteiger partial charge >= 0.3 is 11.9 Å². The Labute approximate surface area is 269 Å². The van der Waals surface area contributed by atoms with Crippen LogP contribution in [0.1, 0.15) is 142 Å². The first-order chi connectivity index (χ1) is 21.2. The Bertz CT molecular complexity index is 970. The minimum atomic E-state index is -0.477. The van der Waals surface area contributed by atoms with Crippen molar-refractivity contribution >= 4 is 11.9 Å². The van der Waals surface area contributed by atoms with E-state index in [9.17, 15) is 9.59 Å². The first-order valence-corrected chi connectivity index (χ1v) is 17.3. The molecule has 0 spiro atoms. The van der Waals surface area contributed by atoms with Crippen molar-refractivity contribution in [3.63, 3.8) is 0 Å². The minimum Gasteiger partial charge on any atom is -0.463 e. The molecule has 44 heavy (non-hydrogen) atoms. The fourth-order valence-corrected chi connectivity index (χ4v) is 5.75. The monoisotopic (exact) mass is 604 g/mol. The zero-order valence-electron chi connectivity index (χ0n) is 28.3. The Morgan fingerprint density at radius 3 is 1.11 bits per heavy atom. The molecule has 0 atom stereocenters. The Morgan fingerprint density at radius 2 is 0.773 bits per heavy atom. The molecule has 0 unspecified atom stereocenters. The van der Waals surface area contributed by atoms with Crippen LogP contribution in [0.2, 0.25) is 0 Å². The third kappa shape index (κ3) is 16.8. The average molecular weight is 605 g/mol. The summed E-state index contributed by atoms with van der Waals surface area (Å²) in [6.45, 7) is 10.1. The maximum atomic E-state index is 11.9. The first-order valence-electron chi connectivity index (χ1n) is 17.3. The van der Waals surface area contributed by atoms with E-state index in [2.05, 4.69) is 88.4 Å². The van der Waals surface area contributed by atoms with Crippen LogP contribution < -0.4 is 0 Å². The quantitative estimate of drug-likeness (QED) is 0.0679. The molecule has 0 saturated carbocycles. The number of unbranched alkanes of at least 4 members (excludes halogenated alkanes) is 12. The number of hydrogen-bond donors (Lipinski definition) is 0. The van der Waals surface area contributed by atoms with Gasteiger partial charge in [0.05, 0.1) is 13.2 Å². The number of carbonyl (C=O) groups is 2. The molecule has 0 aromatic heterocycles. The maximum absolute atomic E-state index is 11.9. The molecule has 0 bridgehead atoms. The lowest BCUT2D eigenvalue weighted by molar-refractivity contribution is -0.140. The van der Waals surface area contributed by atoms with Gasteiger partial charge in [-0.3, -0.25) is 0 Å². The van der Waals surface area contributed by atoms with Crippen molar-refractivity contribution in [2.45, 2.75) is 141 Å². The molecule has 2 rings (SSSR count). The van der Waals surface area contributed by atoms with Crippen molar-refractivity contribution in [3.8, 4) is 0 Å². The molecule has 0 heterocycles. The SMILES string of the molecule is CC(C)(CCCCCCCCCOC(=O)/C=C/C(=O)OCCCCCCCCCC(C)(C)c1ccccc1)c1ccccc1. The average Bonchev–Trinajstić information content (AvgIpc) is 3.02. The molecule has 0 N–H and O–H groups in total. The number of carbonyl (C=O) groups excluding carboxylic acids is 2. The van der Waals surface area contributed by atoms with Crippen LogP contribution in [0, 0.1) is 0 Å². The molecule has 2 aromatic rings. The van der Waals surface area contributed by atoms with Gasteiger partial charge in [-0.2, -0.15) is 0 Å². The first kappa shape index (κ1) is 37.3. The highest BCUT2D eigenvalue weighted by atomic mass is 16.5. The van der Waals surface area contributed by atoms with Crippen molar-refractivity contribution in [2.75, 3.05) is 13.2 Å². The van der Waals surface area contributed by atoms with Crippen LogP contribution in [0.3, 0.4) is 0 Å². The molecule has 4 nitrogen and oxygen atoms in total. The van der Waals surface area contributed by atoms with E-state index in [1.165, 1.54) is 87.5 Å². The van der Waals surface area contributed by atoms with Gasteiger partial charge in [0.25, 0.3) is 0 Å². The van der Waals surface area contributed by atoms with E-state index in [0.717, 1.165) is 38.5 Å². The Balaban J connectivity index is 1.35.